The third-order valence-electron chi connectivity index (χ3n) is 1.96. The molecule has 0 spiro atoms. The van der Waals surface area contributed by atoms with E-state index in [1.807, 2.05) is 0 Å². The lowest BCUT2D eigenvalue weighted by atomic mass is 10.1. The van der Waals surface area contributed by atoms with Gasteiger partial charge in [0.05, 0.1) is 17.7 Å². The highest BCUT2D eigenvalue weighted by Crippen LogP contribution is 2.12. The molecule has 0 aliphatic heterocycles. The van der Waals surface area contributed by atoms with E-state index in [0.29, 0.717) is 0 Å². The minimum absolute atomic E-state index is 0.0767. The largest absolute Gasteiger partial charge is 0.462 e. The van der Waals surface area contributed by atoms with Gasteiger partial charge in [0.25, 0.3) is 0 Å². The number of carbonyl (C=O) groups excluding carboxylic acids is 2. The molecule has 0 aliphatic rings. The molecule has 96 valence electrons. The molecule has 0 heterocycles. The second-order valence-corrected chi connectivity index (χ2v) is 3.21. The van der Waals surface area contributed by atoms with Crippen LogP contribution in [0.5, 0.6) is 0 Å². The van der Waals surface area contributed by atoms with E-state index in [4.69, 9.17) is 4.74 Å². The average Bonchev–Trinajstić information content (AvgIpc) is 2.39. The van der Waals surface area contributed by atoms with Crippen molar-refractivity contribution in [1.29, 1.82) is 0 Å². The summed E-state index contributed by atoms with van der Waals surface area (Å²) in [4.78, 5) is 32.4. The molecule has 0 fully saturated rings. The van der Waals surface area contributed by atoms with Crippen LogP contribution in [0.25, 0.3) is 0 Å². The summed E-state index contributed by atoms with van der Waals surface area (Å²) in [5, 5.41) is 0. The highest BCUT2D eigenvalue weighted by atomic mass is 17.2. The predicted octanol–water partition coefficient (Wildman–Crippen LogP) is 2.14. The molecule has 0 radical (unpaired) electrons. The zero-order valence-electron chi connectivity index (χ0n) is 10.0. The third-order valence-corrected chi connectivity index (χ3v) is 1.96. The van der Waals surface area contributed by atoms with Crippen molar-refractivity contribution >= 4 is 11.9 Å². The van der Waals surface area contributed by atoms with Crippen LogP contribution in [0.3, 0.4) is 0 Å². The van der Waals surface area contributed by atoms with Crippen molar-refractivity contribution in [1.82, 2.24) is 0 Å². The van der Waals surface area contributed by atoms with Gasteiger partial charge in [0.2, 0.25) is 0 Å². The molecule has 0 unspecified atom stereocenters. The summed E-state index contributed by atoms with van der Waals surface area (Å²) in [6.45, 7) is 5.40. The van der Waals surface area contributed by atoms with Crippen molar-refractivity contribution in [3.8, 4) is 0 Å². The number of carbonyl (C=O) groups is 2. The molecule has 0 saturated heterocycles. The van der Waals surface area contributed by atoms with Crippen LogP contribution in [0.2, 0.25) is 0 Å². The van der Waals surface area contributed by atoms with E-state index < -0.39 is 11.9 Å². The fourth-order valence-electron chi connectivity index (χ4n) is 1.23. The summed E-state index contributed by atoms with van der Waals surface area (Å²) in [6, 6.07) is 6.20. The first kappa shape index (κ1) is 13.9. The topological polar surface area (TPSA) is 61.8 Å². The normalized spacial score (nSPS) is 9.61. The Morgan fingerprint density at radius 3 is 2.39 bits per heavy atom. The predicted molar refractivity (Wildman–Crippen MR) is 64.0 cm³/mol. The smallest absolute Gasteiger partial charge is 0.373 e. The second kappa shape index (κ2) is 7.24. The molecule has 18 heavy (non-hydrogen) atoms. The molecule has 5 nitrogen and oxygen atoms in total. The molecule has 1 rings (SSSR count). The maximum atomic E-state index is 11.7. The Kier molecular flexibility index (Phi) is 5.60. The lowest BCUT2D eigenvalue weighted by Gasteiger charge is -2.07. The van der Waals surface area contributed by atoms with E-state index in [1.165, 1.54) is 18.2 Å². The molecule has 0 bridgehead atoms. The van der Waals surface area contributed by atoms with E-state index in [-0.39, 0.29) is 24.3 Å². The highest BCUT2D eigenvalue weighted by Gasteiger charge is 2.19. The minimum atomic E-state index is -0.750. The standard InChI is InChI=1S/C13H14O5/c1-3-9-17-18-13(15)11-8-6-5-7-10(11)12(14)16-4-2/h3,5-8H,1,4,9H2,2H3. The Hall–Kier alpha value is -2.14. The van der Waals surface area contributed by atoms with Crippen molar-refractivity contribution in [2.45, 2.75) is 6.92 Å². The van der Waals surface area contributed by atoms with Crippen LogP contribution in [-0.2, 0) is 14.5 Å². The molecular formula is C13H14O5. The van der Waals surface area contributed by atoms with Crippen molar-refractivity contribution in [2.75, 3.05) is 13.2 Å². The van der Waals surface area contributed by atoms with Crippen molar-refractivity contribution < 1.29 is 24.1 Å². The monoisotopic (exact) mass is 250 g/mol. The molecule has 0 aliphatic carbocycles. The van der Waals surface area contributed by atoms with Gasteiger partial charge in [-0.05, 0) is 19.1 Å². The number of hydrogen-bond acceptors (Lipinski definition) is 5. The van der Waals surface area contributed by atoms with Crippen LogP contribution in [0.4, 0.5) is 0 Å². The Morgan fingerprint density at radius 2 is 1.83 bits per heavy atom. The van der Waals surface area contributed by atoms with Gasteiger partial charge in [-0.25, -0.2) is 9.59 Å². The van der Waals surface area contributed by atoms with Crippen LogP contribution in [0.1, 0.15) is 27.6 Å². The highest BCUT2D eigenvalue weighted by molar-refractivity contribution is 6.02. The van der Waals surface area contributed by atoms with Crippen LogP contribution >= 0.6 is 0 Å². The third kappa shape index (κ3) is 3.71. The van der Waals surface area contributed by atoms with Gasteiger partial charge in [-0.2, -0.15) is 4.89 Å². The molecule has 1 aromatic rings. The first-order valence-corrected chi connectivity index (χ1v) is 5.41. The van der Waals surface area contributed by atoms with Gasteiger partial charge < -0.3 is 4.74 Å². The van der Waals surface area contributed by atoms with E-state index >= 15 is 0 Å². The van der Waals surface area contributed by atoms with Crippen molar-refractivity contribution in [3.63, 3.8) is 0 Å². The Morgan fingerprint density at radius 1 is 1.22 bits per heavy atom. The maximum absolute atomic E-state index is 11.7. The van der Waals surface area contributed by atoms with Gasteiger partial charge in [-0.3, -0.25) is 4.89 Å². The summed E-state index contributed by atoms with van der Waals surface area (Å²) in [5.74, 6) is -1.32. The van der Waals surface area contributed by atoms with Gasteiger partial charge in [0.15, 0.2) is 0 Å². The fourth-order valence-corrected chi connectivity index (χ4v) is 1.23. The maximum Gasteiger partial charge on any atom is 0.373 e. The van der Waals surface area contributed by atoms with Crippen LogP contribution in [0.15, 0.2) is 36.9 Å². The Balaban J connectivity index is 2.84. The molecule has 0 aromatic heterocycles. The number of ether oxygens (including phenoxy) is 1. The lowest BCUT2D eigenvalue weighted by molar-refractivity contribution is -0.231. The van der Waals surface area contributed by atoms with Crippen LogP contribution in [-0.4, -0.2) is 25.2 Å². The van der Waals surface area contributed by atoms with Gasteiger partial charge in [0, 0.05) is 0 Å². The minimum Gasteiger partial charge on any atom is -0.462 e. The zero-order chi connectivity index (χ0) is 13.4. The number of esters is 1. The number of benzene rings is 1. The van der Waals surface area contributed by atoms with E-state index in [9.17, 15) is 9.59 Å². The Labute approximate surface area is 105 Å². The molecule has 0 amide bonds. The Bertz CT molecular complexity index is 439. The summed E-state index contributed by atoms with van der Waals surface area (Å²) < 4.78 is 4.84. The molecule has 0 N–H and O–H groups in total. The summed E-state index contributed by atoms with van der Waals surface area (Å²) in [5.41, 5.74) is 0.242. The second-order valence-electron chi connectivity index (χ2n) is 3.21. The first-order chi connectivity index (χ1) is 8.70. The van der Waals surface area contributed by atoms with E-state index in [2.05, 4.69) is 16.4 Å². The summed E-state index contributed by atoms with van der Waals surface area (Å²) >= 11 is 0. The number of rotatable bonds is 6. The SMILES string of the molecule is C=CCOOC(=O)c1ccccc1C(=O)OCC. The summed E-state index contributed by atoms with van der Waals surface area (Å²) in [6.07, 6.45) is 1.44. The first-order valence-electron chi connectivity index (χ1n) is 5.41. The van der Waals surface area contributed by atoms with Gasteiger partial charge in [-0.1, -0.05) is 18.2 Å². The molecular weight excluding hydrogens is 236 g/mol. The average molecular weight is 250 g/mol. The number of hydrogen-bond donors (Lipinski definition) is 0. The van der Waals surface area contributed by atoms with Crippen molar-refractivity contribution in [2.24, 2.45) is 0 Å². The van der Waals surface area contributed by atoms with Crippen LogP contribution < -0.4 is 0 Å². The molecule has 0 saturated carbocycles. The van der Waals surface area contributed by atoms with E-state index in [1.54, 1.807) is 19.1 Å². The molecule has 5 heteroatoms. The van der Waals surface area contributed by atoms with Gasteiger partial charge in [0.1, 0.15) is 6.61 Å². The quantitative estimate of drug-likeness (QED) is 0.254. The van der Waals surface area contributed by atoms with Crippen molar-refractivity contribution in [3.05, 3.63) is 48.0 Å². The zero-order valence-corrected chi connectivity index (χ0v) is 10.0. The molecule has 1 aromatic carbocycles. The lowest BCUT2D eigenvalue weighted by Crippen LogP contribution is -2.14. The summed E-state index contributed by atoms with van der Waals surface area (Å²) in [7, 11) is 0. The van der Waals surface area contributed by atoms with Gasteiger partial charge >= 0.3 is 11.9 Å². The molecule has 0 atom stereocenters. The van der Waals surface area contributed by atoms with Crippen LogP contribution in [0, 0.1) is 0 Å². The fraction of sp³-hybridized carbons (Fsp3) is 0.231. The van der Waals surface area contributed by atoms with E-state index in [0.717, 1.165) is 0 Å². The van der Waals surface area contributed by atoms with Gasteiger partial charge in [-0.15, -0.1) is 6.58 Å².